The van der Waals surface area contributed by atoms with Gasteiger partial charge in [-0.1, -0.05) is 104 Å². The molecule has 0 unspecified atom stereocenters. The Morgan fingerprint density at radius 2 is 0.675 bits per heavy atom. The van der Waals surface area contributed by atoms with Crippen LogP contribution in [0.3, 0.4) is 0 Å². The Balaban J connectivity index is 0.000000193. The van der Waals surface area contributed by atoms with Gasteiger partial charge in [-0.25, -0.2) is 44.4 Å². The van der Waals surface area contributed by atoms with Gasteiger partial charge >= 0.3 is 18.1 Å². The molecule has 9 aromatic rings. The van der Waals surface area contributed by atoms with Gasteiger partial charge in [0.05, 0.1) is 26.6 Å². The Bertz CT molecular complexity index is 5220. The van der Waals surface area contributed by atoms with Crippen LogP contribution in [0.15, 0.2) is 230 Å². The summed E-state index contributed by atoms with van der Waals surface area (Å²) in [5.74, 6) is 3.83. The molecule has 6 amide bonds. The maximum absolute atomic E-state index is 13.4. The Kier molecular flexibility index (Phi) is 34.0. The lowest BCUT2D eigenvalue weighted by atomic mass is 9.81. The van der Waals surface area contributed by atoms with Gasteiger partial charge in [0.15, 0.2) is 25.5 Å². The average Bonchev–Trinajstić information content (AvgIpc) is 0.828. The molecule has 658 valence electrons. The Hall–Kier alpha value is -10.1. The number of urea groups is 3. The summed E-state index contributed by atoms with van der Waals surface area (Å²) >= 11 is 2.77. The predicted molar refractivity (Wildman–Crippen MR) is 478 cm³/mol. The number of likely N-dealkylation sites (tertiary alicyclic amines) is 3. The predicted octanol–water partition coefficient (Wildman–Crippen LogP) is 22.9. The van der Waals surface area contributed by atoms with Crippen LogP contribution in [0.2, 0.25) is 0 Å². The van der Waals surface area contributed by atoms with E-state index in [9.17, 15) is 64.5 Å². The zero-order valence-electron chi connectivity index (χ0n) is 71.2. The number of ether oxygens (including phenoxy) is 4. The molecule has 3 saturated heterocycles. The quantitative estimate of drug-likeness (QED) is 0.0220. The number of ketones is 1. The van der Waals surface area contributed by atoms with Crippen LogP contribution in [0.4, 0.5) is 44.6 Å². The number of rotatable bonds is 31. The third-order valence-electron chi connectivity index (χ3n) is 22.1. The van der Waals surface area contributed by atoms with Crippen molar-refractivity contribution < 1.29 is 83.5 Å². The summed E-state index contributed by atoms with van der Waals surface area (Å²) in [6.07, 6.45) is 14.2. The number of amides is 6. The van der Waals surface area contributed by atoms with Gasteiger partial charge in [0.2, 0.25) is 0 Å². The first-order chi connectivity index (χ1) is 58.5. The molecule has 9 aromatic carbocycles. The minimum Gasteiger partial charge on any atom is -0.457 e. The number of carbonyl (C=O) groups is 4. The van der Waals surface area contributed by atoms with Crippen LogP contribution in [0.25, 0.3) is 0 Å². The van der Waals surface area contributed by atoms with Crippen molar-refractivity contribution in [2.75, 3.05) is 67.7 Å². The first kappa shape index (κ1) is 95.2. The molecule has 0 saturated carbocycles. The van der Waals surface area contributed by atoms with Gasteiger partial charge < -0.3 is 64.9 Å². The largest absolute Gasteiger partial charge is 0.457 e. The number of hydrogen-bond acceptors (Lipinski definition) is 17. The fourth-order valence-corrected chi connectivity index (χ4v) is 18.0. The SMILES string of the molecule is CC(C)CC1(O)CCN(C(=O)Nc2cc(Oc3ccc(F)cc3)cc(Sc3ccc(S(C)(=O)=O)cc3)c2)CC1.CCC(CC)CC1(O)CCN(C(=O)Nc2cc(Oc3ccc(F)cc3)cc(Sc3ccc(S(C)(=O)=O)cc3)c2)CC1.CCCCC(=O)c1ccc(Oc2cc(NC(=O)N3CCC(O)(CC(CC)CC)CC3)cc(Oc3ccc(F)cc3)c2)cc1. The van der Waals surface area contributed by atoms with E-state index in [0.29, 0.717) is 177 Å². The van der Waals surface area contributed by atoms with Gasteiger partial charge in [-0.05, 0) is 252 Å². The molecule has 0 radical (unpaired) electrons. The smallest absolute Gasteiger partial charge is 0.321 e. The van der Waals surface area contributed by atoms with E-state index in [0.717, 1.165) is 83.5 Å². The highest BCUT2D eigenvalue weighted by Gasteiger charge is 2.38. The molecule has 21 nitrogen and oxygen atoms in total. The number of carbonyl (C=O) groups excluding carboxylic acids is 4. The molecular formula is C95H113F3N6O15S4. The normalized spacial score (nSPS) is 14.9. The van der Waals surface area contributed by atoms with E-state index in [2.05, 4.69) is 64.4 Å². The second kappa shape index (κ2) is 44.0. The molecule has 0 aromatic heterocycles. The fourth-order valence-electron chi connectivity index (χ4n) is 14.9. The maximum Gasteiger partial charge on any atom is 0.321 e. The number of nitrogens with zero attached hydrogens (tertiary/aromatic N) is 3. The van der Waals surface area contributed by atoms with Crippen molar-refractivity contribution in [2.45, 2.75) is 197 Å². The van der Waals surface area contributed by atoms with Crippen molar-refractivity contribution >= 4 is 84.1 Å². The van der Waals surface area contributed by atoms with Crippen LogP contribution >= 0.6 is 23.5 Å². The van der Waals surface area contributed by atoms with Crippen LogP contribution in [0.1, 0.15) is 162 Å². The number of anilines is 3. The van der Waals surface area contributed by atoms with Crippen molar-refractivity contribution in [3.63, 3.8) is 0 Å². The van der Waals surface area contributed by atoms with Crippen LogP contribution in [0, 0.1) is 35.2 Å². The highest BCUT2D eigenvalue weighted by molar-refractivity contribution is 7.99. The molecular weight excluding hydrogens is 1650 g/mol. The van der Waals surface area contributed by atoms with Crippen LogP contribution in [0.5, 0.6) is 46.0 Å². The highest BCUT2D eigenvalue weighted by atomic mass is 32.2. The lowest BCUT2D eigenvalue weighted by Crippen LogP contribution is -2.48. The van der Waals surface area contributed by atoms with Gasteiger partial charge in [-0.3, -0.25) is 4.79 Å². The second-order valence-electron chi connectivity index (χ2n) is 32.4. The molecule has 0 atom stereocenters. The second-order valence-corrected chi connectivity index (χ2v) is 38.7. The van der Waals surface area contributed by atoms with Gasteiger partial charge in [0.1, 0.15) is 63.4 Å². The van der Waals surface area contributed by atoms with Gasteiger partial charge in [0.25, 0.3) is 0 Å². The minimum atomic E-state index is -3.31. The summed E-state index contributed by atoms with van der Waals surface area (Å²) < 4.78 is 111. The summed E-state index contributed by atoms with van der Waals surface area (Å²) in [6, 6.07) is 51.9. The molecule has 3 aliphatic rings. The molecule has 0 aliphatic carbocycles. The van der Waals surface area contributed by atoms with Crippen molar-refractivity contribution in [3.05, 3.63) is 223 Å². The average molecular weight is 1760 g/mol. The summed E-state index contributed by atoms with van der Waals surface area (Å²) in [6.45, 7) is 17.5. The number of hydrogen-bond donors (Lipinski definition) is 6. The number of Topliss-reactive ketones (excluding diaryl/α,β-unsaturated/α-hetero) is 1. The zero-order chi connectivity index (χ0) is 88.7. The van der Waals surface area contributed by atoms with E-state index in [1.807, 2.05) is 12.1 Å². The van der Waals surface area contributed by atoms with Crippen molar-refractivity contribution in [1.82, 2.24) is 14.7 Å². The number of piperidine rings is 3. The van der Waals surface area contributed by atoms with Crippen LogP contribution in [-0.4, -0.2) is 139 Å². The molecule has 3 heterocycles. The molecule has 6 N–H and O–H groups in total. The molecule has 28 heteroatoms. The van der Waals surface area contributed by atoms with Gasteiger partial charge in [0, 0.05) is 131 Å². The Morgan fingerprint density at radius 1 is 0.390 bits per heavy atom. The number of halogens is 3. The number of benzene rings is 9. The zero-order valence-corrected chi connectivity index (χ0v) is 74.5. The van der Waals surface area contributed by atoms with Crippen LogP contribution < -0.4 is 34.9 Å². The monoisotopic (exact) mass is 1760 g/mol. The molecule has 3 fully saturated rings. The van der Waals surface area contributed by atoms with Gasteiger partial charge in [-0.2, -0.15) is 0 Å². The lowest BCUT2D eigenvalue weighted by Gasteiger charge is -2.39. The first-order valence-corrected chi connectivity index (χ1v) is 47.3. The summed E-state index contributed by atoms with van der Waals surface area (Å²) in [4.78, 5) is 60.6. The third-order valence-corrected chi connectivity index (χ3v) is 26.3. The number of aliphatic hydroxyl groups is 3. The van der Waals surface area contributed by atoms with E-state index >= 15 is 0 Å². The maximum atomic E-state index is 13.4. The standard InChI is InChI=1S/C35H43FN2O5.C31H37FN2O5S2.C29H33FN2O5S2/c1-4-7-8-33(39)26-9-13-29(14-10-26)42-31-21-28(22-32(23-31)43-30-15-11-27(36)12-16-30)37-34(40)38-19-17-35(41,18-20-38)24-25(5-2)6-3;1-4-22(5-2)21-31(36)14-16-34(17-15-31)30(35)33-24-18-26(39-25-8-6-23(32)7-9-25)20-28(19-24)40-27-10-12-29(13-11-27)41(3,37)38;1-20(2)19-29(34)12-14-32(15-13-29)28(33)31-22-16-24(37-23-6-4-21(30)5-7-23)18-26(17-22)38-25-8-10-27(11-9-25)39(3,35)36/h9-16,21-23,25,41H,4-8,17-20,24H2,1-3H3,(H,37,40);6-13,18-20,22,36H,4-5,14-17,21H2,1-3H3,(H,33,35);4-11,16-18,20,34H,12-15,19H2,1-3H3,(H,31,33). The number of nitrogens with one attached hydrogen (secondary N) is 3. The van der Waals surface area contributed by atoms with E-state index in [1.165, 1.54) is 96.3 Å². The van der Waals surface area contributed by atoms with Crippen molar-refractivity contribution in [1.29, 1.82) is 0 Å². The van der Waals surface area contributed by atoms with E-state index in [1.54, 1.807) is 130 Å². The molecule has 12 rings (SSSR count). The Labute approximate surface area is 729 Å². The summed E-state index contributed by atoms with van der Waals surface area (Å²) in [5, 5.41) is 41.9. The number of sulfone groups is 2. The molecule has 0 spiro atoms. The van der Waals surface area contributed by atoms with Crippen molar-refractivity contribution in [2.24, 2.45) is 17.8 Å². The lowest BCUT2D eigenvalue weighted by molar-refractivity contribution is -0.0315. The van der Waals surface area contributed by atoms with E-state index in [-0.39, 0.29) is 51.1 Å². The topological polar surface area (TPSA) is 280 Å². The minimum absolute atomic E-state index is 0.0970. The molecule has 3 aliphatic heterocycles. The van der Waals surface area contributed by atoms with Gasteiger partial charge in [-0.15, -0.1) is 0 Å². The first-order valence-electron chi connectivity index (χ1n) is 41.9. The molecule has 123 heavy (non-hydrogen) atoms. The third kappa shape index (κ3) is 29.8. The van der Waals surface area contributed by atoms with Crippen LogP contribution in [-0.2, 0) is 19.7 Å². The van der Waals surface area contributed by atoms with Crippen molar-refractivity contribution in [3.8, 4) is 46.0 Å². The summed E-state index contributed by atoms with van der Waals surface area (Å²) in [7, 11) is -6.61. The fraction of sp³-hybridized carbons (Fsp3) is 0.389. The van der Waals surface area contributed by atoms with E-state index < -0.39 is 36.5 Å². The summed E-state index contributed by atoms with van der Waals surface area (Å²) in [5.41, 5.74) is -0.106. The highest BCUT2D eigenvalue weighted by Crippen LogP contribution is 2.41. The Morgan fingerprint density at radius 3 is 0.959 bits per heavy atom. The van der Waals surface area contributed by atoms with E-state index in [4.69, 9.17) is 18.9 Å². The number of unbranched alkanes of at least 4 members (excludes halogenated alkanes) is 1. The molecule has 0 bridgehead atoms.